The molecule has 2 aromatic rings. The second kappa shape index (κ2) is 18.4. The predicted octanol–water partition coefficient (Wildman–Crippen LogP) is -2.08. The summed E-state index contributed by atoms with van der Waals surface area (Å²) in [5, 5.41) is 39.9. The van der Waals surface area contributed by atoms with Crippen LogP contribution in [0.15, 0.2) is 60.7 Å². The van der Waals surface area contributed by atoms with Crippen molar-refractivity contribution in [2.45, 2.75) is 87.0 Å². The number of methoxy groups -OCH3 is 1. The summed E-state index contributed by atoms with van der Waals surface area (Å²) in [4.78, 5) is 26.5. The first kappa shape index (κ1) is 38.3. The fourth-order valence-corrected chi connectivity index (χ4v) is 4.83. The monoisotopic (exact) mass is 666 g/mol. The molecule has 1 aliphatic heterocycles. The second-order valence-electron chi connectivity index (χ2n) is 11.1. The summed E-state index contributed by atoms with van der Waals surface area (Å²) < 4.78 is 34.8. The highest BCUT2D eigenvalue weighted by Gasteiger charge is 2.49. The van der Waals surface area contributed by atoms with Gasteiger partial charge in [-0.25, -0.2) is 9.59 Å². The average molecular weight is 667 g/mol. The van der Waals surface area contributed by atoms with Gasteiger partial charge in [0.05, 0.1) is 35.9 Å². The van der Waals surface area contributed by atoms with Gasteiger partial charge < -0.3 is 71.8 Å². The summed E-state index contributed by atoms with van der Waals surface area (Å²) >= 11 is 0. The lowest BCUT2D eigenvalue weighted by atomic mass is 9.96. The van der Waals surface area contributed by atoms with Gasteiger partial charge in [-0.1, -0.05) is 36.4 Å². The largest absolute Gasteiger partial charge is 0.449 e. The number of carbonyl (C=O) groups excluding carboxylic acids is 2. The van der Waals surface area contributed by atoms with Crippen LogP contribution in [0, 0.1) is 0 Å². The number of aliphatic hydroxyl groups is 4. The molecule has 0 spiro atoms. The Balaban J connectivity index is 1.95. The lowest BCUT2D eigenvalue weighted by Crippen LogP contribution is -2.66. The zero-order valence-corrected chi connectivity index (χ0v) is 26.2. The molecule has 1 fully saturated rings. The van der Waals surface area contributed by atoms with E-state index < -0.39 is 92.2 Å². The van der Waals surface area contributed by atoms with Crippen LogP contribution < -0.4 is 22.9 Å². The number of esters is 2. The lowest BCUT2D eigenvalue weighted by Gasteiger charge is -2.45. The van der Waals surface area contributed by atoms with Gasteiger partial charge in [-0.15, -0.1) is 0 Å². The van der Waals surface area contributed by atoms with Gasteiger partial charge in [0.2, 0.25) is 6.29 Å². The maximum atomic E-state index is 13.3. The van der Waals surface area contributed by atoms with Crippen LogP contribution in [-0.2, 0) is 28.4 Å². The zero-order valence-electron chi connectivity index (χ0n) is 26.2. The normalized spacial score (nSPS) is 25.3. The number of hydrogen-bond donors (Lipinski definition) is 8. The standard InChI is InChI=1S/C31H46N4O12/c1-16(19(33)13-20(34)27(38)39)43-30-23(35)26(24(37)22(15-36)44-30)46-31(47-29(41)18-11-7-4-8-12-18)25(21(14-32)42-2)45-28(40)17-9-5-3-6-10-17/h3-12,16,19-27,30-31,36-39H,13-15,32-35H2,1-2H3/t16-,19?,20?,21?,22?,23?,24?,25?,26?,30?,31?/m0/s1. The zero-order chi connectivity index (χ0) is 34.7. The van der Waals surface area contributed by atoms with Gasteiger partial charge in [0.15, 0.2) is 18.7 Å². The summed E-state index contributed by atoms with van der Waals surface area (Å²) in [7, 11) is 1.31. The molecule has 1 saturated heterocycles. The molecule has 11 atom stereocenters. The molecule has 0 saturated carbocycles. The van der Waals surface area contributed by atoms with E-state index >= 15 is 0 Å². The van der Waals surface area contributed by atoms with Crippen molar-refractivity contribution in [3.63, 3.8) is 0 Å². The van der Waals surface area contributed by atoms with Crippen molar-refractivity contribution in [1.29, 1.82) is 0 Å². The van der Waals surface area contributed by atoms with Gasteiger partial charge in [0, 0.05) is 19.7 Å². The van der Waals surface area contributed by atoms with E-state index in [0.717, 1.165) is 0 Å². The third-order valence-electron chi connectivity index (χ3n) is 7.73. The molecule has 3 rings (SSSR count). The average Bonchev–Trinajstić information content (AvgIpc) is 3.07. The van der Waals surface area contributed by atoms with E-state index in [2.05, 4.69) is 0 Å². The van der Waals surface area contributed by atoms with Crippen molar-refractivity contribution in [2.75, 3.05) is 20.3 Å². The van der Waals surface area contributed by atoms with E-state index in [-0.39, 0.29) is 24.1 Å². The maximum Gasteiger partial charge on any atom is 0.340 e. The number of carbonyl (C=O) groups is 2. The van der Waals surface area contributed by atoms with Crippen molar-refractivity contribution in [3.05, 3.63) is 71.8 Å². The van der Waals surface area contributed by atoms with Crippen LogP contribution in [-0.4, -0.2) is 126 Å². The molecule has 12 N–H and O–H groups in total. The smallest absolute Gasteiger partial charge is 0.340 e. The number of hydrogen-bond acceptors (Lipinski definition) is 16. The minimum Gasteiger partial charge on any atom is -0.449 e. The fraction of sp³-hybridized carbons (Fsp3) is 0.548. The molecule has 0 aromatic heterocycles. The van der Waals surface area contributed by atoms with E-state index in [9.17, 15) is 30.0 Å². The number of ether oxygens (including phenoxy) is 6. The van der Waals surface area contributed by atoms with Crippen LogP contribution in [0.2, 0.25) is 0 Å². The van der Waals surface area contributed by atoms with Crippen LogP contribution in [0.4, 0.5) is 0 Å². The highest BCUT2D eigenvalue weighted by molar-refractivity contribution is 5.90. The molecule has 16 heteroatoms. The van der Waals surface area contributed by atoms with Crippen molar-refractivity contribution >= 4 is 11.9 Å². The van der Waals surface area contributed by atoms with Crippen molar-refractivity contribution in [2.24, 2.45) is 22.9 Å². The molecule has 0 aliphatic carbocycles. The Kier molecular flexibility index (Phi) is 15.1. The molecular weight excluding hydrogens is 620 g/mol. The molecule has 262 valence electrons. The number of benzene rings is 2. The summed E-state index contributed by atoms with van der Waals surface area (Å²) in [6.07, 6.45) is -12.7. The first-order chi connectivity index (χ1) is 22.4. The van der Waals surface area contributed by atoms with E-state index in [0.29, 0.717) is 0 Å². The highest BCUT2D eigenvalue weighted by atomic mass is 16.7. The third-order valence-corrected chi connectivity index (χ3v) is 7.73. The van der Waals surface area contributed by atoms with Crippen LogP contribution in [0.5, 0.6) is 0 Å². The Morgan fingerprint density at radius 1 is 0.915 bits per heavy atom. The molecular formula is C31H46N4O12. The van der Waals surface area contributed by atoms with E-state index in [1.807, 2.05) is 0 Å². The second-order valence-corrected chi connectivity index (χ2v) is 11.1. The van der Waals surface area contributed by atoms with Gasteiger partial charge >= 0.3 is 11.9 Å². The first-order valence-corrected chi connectivity index (χ1v) is 15.0. The Labute approximate surface area is 272 Å². The Bertz CT molecular complexity index is 1230. The molecule has 0 bridgehead atoms. The van der Waals surface area contributed by atoms with Crippen molar-refractivity contribution in [1.82, 2.24) is 0 Å². The third kappa shape index (κ3) is 10.4. The van der Waals surface area contributed by atoms with Crippen LogP contribution in [0.3, 0.4) is 0 Å². The molecule has 1 heterocycles. The Morgan fingerprint density at radius 2 is 1.47 bits per heavy atom. The van der Waals surface area contributed by atoms with Gasteiger partial charge in [-0.05, 0) is 37.6 Å². The molecule has 2 aromatic carbocycles. The van der Waals surface area contributed by atoms with E-state index in [1.165, 1.54) is 31.4 Å². The quantitative estimate of drug-likeness (QED) is 0.0664. The fourth-order valence-electron chi connectivity index (χ4n) is 4.83. The van der Waals surface area contributed by atoms with E-state index in [1.54, 1.807) is 43.3 Å². The van der Waals surface area contributed by atoms with Gasteiger partial charge in [0.1, 0.15) is 24.4 Å². The van der Waals surface area contributed by atoms with Crippen molar-refractivity contribution in [3.8, 4) is 0 Å². The number of nitrogens with two attached hydrogens (primary N) is 4. The highest BCUT2D eigenvalue weighted by Crippen LogP contribution is 2.28. The topological polar surface area (TPSA) is 275 Å². The minimum atomic E-state index is -1.81. The number of rotatable bonds is 17. The molecule has 16 nitrogen and oxygen atoms in total. The van der Waals surface area contributed by atoms with Crippen LogP contribution in [0.1, 0.15) is 34.1 Å². The lowest BCUT2D eigenvalue weighted by molar-refractivity contribution is -0.309. The maximum absolute atomic E-state index is 13.3. The molecule has 0 radical (unpaired) electrons. The van der Waals surface area contributed by atoms with Gasteiger partial charge in [-0.2, -0.15) is 0 Å². The summed E-state index contributed by atoms with van der Waals surface area (Å²) in [6, 6.07) is 12.7. The minimum absolute atomic E-state index is 0.0454. The molecule has 1 aliphatic rings. The summed E-state index contributed by atoms with van der Waals surface area (Å²) in [5.41, 5.74) is 24.6. The summed E-state index contributed by atoms with van der Waals surface area (Å²) in [6.45, 7) is 0.666. The van der Waals surface area contributed by atoms with Crippen LogP contribution in [0.25, 0.3) is 0 Å². The molecule has 47 heavy (non-hydrogen) atoms. The Morgan fingerprint density at radius 3 is 1.96 bits per heavy atom. The van der Waals surface area contributed by atoms with Crippen LogP contribution >= 0.6 is 0 Å². The Hall–Kier alpha value is -3.10. The SMILES string of the molecule is COC(CN)C(OC(=O)c1ccccc1)C(OC(=O)c1ccccc1)OC1C(N)C(O[C@@H](C)C(N)CC(N)C(O)O)OC(CO)C1O. The molecule has 10 unspecified atom stereocenters. The summed E-state index contributed by atoms with van der Waals surface area (Å²) in [5.74, 6) is -1.68. The van der Waals surface area contributed by atoms with Crippen molar-refractivity contribution < 1.29 is 58.4 Å². The number of aliphatic hydroxyl groups excluding tert-OH is 3. The van der Waals surface area contributed by atoms with Gasteiger partial charge in [-0.3, -0.25) is 0 Å². The van der Waals surface area contributed by atoms with Gasteiger partial charge in [0.25, 0.3) is 0 Å². The predicted molar refractivity (Wildman–Crippen MR) is 165 cm³/mol. The first-order valence-electron chi connectivity index (χ1n) is 15.0. The molecule has 0 amide bonds. The van der Waals surface area contributed by atoms with E-state index in [4.69, 9.17) is 51.4 Å².